The molecule has 4 saturated carbocycles. The molecule has 28 heavy (non-hydrogen) atoms. The zero-order valence-electron chi connectivity index (χ0n) is 17.0. The molecular weight excluding hydrogens is 364 g/mol. The standard InChI is InChI=1S/C20H32N2O6/c1-19(2,3)27-17(24)21-5-4-16(23)28-22-18(25)26-12-20-9-13-6-14(10-20)8-15(7-13)11-20/h13-15H,4-12H2,1-3H3,(H,21,24)(H,22,25). The van der Waals surface area contributed by atoms with E-state index in [0.717, 1.165) is 37.0 Å². The van der Waals surface area contributed by atoms with Gasteiger partial charge in [-0.3, -0.25) is 0 Å². The van der Waals surface area contributed by atoms with Gasteiger partial charge in [0.15, 0.2) is 0 Å². The summed E-state index contributed by atoms with van der Waals surface area (Å²) >= 11 is 0. The second-order valence-electron chi connectivity index (χ2n) is 9.75. The Morgan fingerprint density at radius 2 is 1.54 bits per heavy atom. The Labute approximate surface area is 166 Å². The van der Waals surface area contributed by atoms with Gasteiger partial charge in [-0.2, -0.15) is 0 Å². The highest BCUT2D eigenvalue weighted by Gasteiger charge is 2.51. The van der Waals surface area contributed by atoms with Gasteiger partial charge < -0.3 is 19.6 Å². The summed E-state index contributed by atoms with van der Waals surface area (Å²) in [6.45, 7) is 5.69. The first-order valence-corrected chi connectivity index (χ1v) is 10.2. The van der Waals surface area contributed by atoms with Crippen LogP contribution < -0.4 is 10.8 Å². The maximum Gasteiger partial charge on any atom is 0.440 e. The summed E-state index contributed by atoms with van der Waals surface area (Å²) in [6.07, 6.45) is 5.98. The van der Waals surface area contributed by atoms with Gasteiger partial charge in [0.05, 0.1) is 13.0 Å². The maximum absolute atomic E-state index is 11.9. The van der Waals surface area contributed by atoms with Gasteiger partial charge >= 0.3 is 18.2 Å². The minimum Gasteiger partial charge on any atom is -0.447 e. The van der Waals surface area contributed by atoms with Crippen molar-refractivity contribution in [3.63, 3.8) is 0 Å². The van der Waals surface area contributed by atoms with E-state index >= 15 is 0 Å². The third-order valence-electron chi connectivity index (χ3n) is 5.92. The SMILES string of the molecule is CC(C)(C)OC(=O)NCCC(=O)ONC(=O)OCC12CC3CC(CC(C3)C1)C2. The Balaban J connectivity index is 1.29. The number of hydroxylamine groups is 1. The summed E-state index contributed by atoms with van der Waals surface area (Å²) in [6, 6.07) is 0. The van der Waals surface area contributed by atoms with Crippen LogP contribution in [0, 0.1) is 23.2 Å². The highest BCUT2D eigenvalue weighted by molar-refractivity contribution is 5.74. The van der Waals surface area contributed by atoms with Gasteiger partial charge in [-0.25, -0.2) is 14.4 Å². The molecule has 4 bridgehead atoms. The first-order valence-electron chi connectivity index (χ1n) is 10.2. The molecule has 0 atom stereocenters. The number of amides is 2. The normalized spacial score (nSPS) is 30.5. The van der Waals surface area contributed by atoms with Crippen LogP contribution >= 0.6 is 0 Å². The first kappa shape index (κ1) is 20.7. The molecule has 0 aliphatic heterocycles. The number of hydrogen-bond donors (Lipinski definition) is 2. The summed E-state index contributed by atoms with van der Waals surface area (Å²) in [5, 5.41) is 2.45. The van der Waals surface area contributed by atoms with Crippen LogP contribution in [0.15, 0.2) is 0 Å². The van der Waals surface area contributed by atoms with E-state index in [0.29, 0.717) is 6.61 Å². The number of hydrogen-bond acceptors (Lipinski definition) is 6. The number of carbonyl (C=O) groups is 3. The van der Waals surface area contributed by atoms with Gasteiger partial charge in [-0.15, -0.1) is 5.48 Å². The van der Waals surface area contributed by atoms with Gasteiger partial charge in [0.1, 0.15) is 5.60 Å². The van der Waals surface area contributed by atoms with E-state index in [4.69, 9.17) is 14.3 Å². The van der Waals surface area contributed by atoms with E-state index in [9.17, 15) is 14.4 Å². The highest BCUT2D eigenvalue weighted by Crippen LogP contribution is 2.60. The molecule has 0 heterocycles. The van der Waals surface area contributed by atoms with E-state index in [2.05, 4.69) is 5.32 Å². The monoisotopic (exact) mass is 396 g/mol. The summed E-state index contributed by atoms with van der Waals surface area (Å²) in [5.74, 6) is 1.69. The number of rotatable bonds is 5. The van der Waals surface area contributed by atoms with E-state index in [1.54, 1.807) is 20.8 Å². The van der Waals surface area contributed by atoms with Crippen molar-refractivity contribution >= 4 is 18.2 Å². The molecule has 8 nitrogen and oxygen atoms in total. The van der Waals surface area contributed by atoms with Crippen molar-refractivity contribution in [1.29, 1.82) is 0 Å². The zero-order valence-corrected chi connectivity index (χ0v) is 17.0. The fraction of sp³-hybridized carbons (Fsp3) is 0.850. The maximum atomic E-state index is 11.9. The third kappa shape index (κ3) is 5.75. The van der Waals surface area contributed by atoms with Crippen LogP contribution in [0.1, 0.15) is 65.7 Å². The number of alkyl carbamates (subject to hydrolysis) is 1. The predicted molar refractivity (Wildman–Crippen MR) is 100 cm³/mol. The van der Waals surface area contributed by atoms with Crippen molar-refractivity contribution in [3.05, 3.63) is 0 Å². The molecule has 158 valence electrons. The minimum absolute atomic E-state index is 0.0533. The van der Waals surface area contributed by atoms with Crippen LogP contribution in [0.25, 0.3) is 0 Å². The average molecular weight is 396 g/mol. The topological polar surface area (TPSA) is 103 Å². The van der Waals surface area contributed by atoms with Crippen molar-refractivity contribution in [2.45, 2.75) is 71.3 Å². The van der Waals surface area contributed by atoms with Crippen LogP contribution in [0.4, 0.5) is 9.59 Å². The second-order valence-corrected chi connectivity index (χ2v) is 9.75. The van der Waals surface area contributed by atoms with Gasteiger partial charge in [0, 0.05) is 12.0 Å². The van der Waals surface area contributed by atoms with Crippen LogP contribution in [0.3, 0.4) is 0 Å². The van der Waals surface area contributed by atoms with E-state index < -0.39 is 23.8 Å². The molecule has 0 spiro atoms. The quantitative estimate of drug-likeness (QED) is 0.546. The van der Waals surface area contributed by atoms with Gasteiger partial charge in [0.2, 0.25) is 0 Å². The Kier molecular flexibility index (Phi) is 6.05. The molecule has 0 aromatic carbocycles. The van der Waals surface area contributed by atoms with Crippen LogP contribution in [-0.4, -0.2) is 36.9 Å². The molecule has 0 aromatic rings. The van der Waals surface area contributed by atoms with Crippen LogP contribution in [-0.2, 0) is 19.1 Å². The molecule has 8 heteroatoms. The van der Waals surface area contributed by atoms with E-state index in [1.807, 2.05) is 5.48 Å². The summed E-state index contributed by atoms with van der Waals surface area (Å²) in [4.78, 5) is 39.7. The number of nitrogens with one attached hydrogen (secondary N) is 2. The van der Waals surface area contributed by atoms with E-state index in [-0.39, 0.29) is 18.4 Å². The summed E-state index contributed by atoms with van der Waals surface area (Å²) < 4.78 is 10.4. The lowest BCUT2D eigenvalue weighted by Crippen LogP contribution is -2.48. The van der Waals surface area contributed by atoms with Crippen LogP contribution in [0.5, 0.6) is 0 Å². The predicted octanol–water partition coefficient (Wildman–Crippen LogP) is 3.30. The fourth-order valence-corrected chi connectivity index (χ4v) is 5.45. The third-order valence-corrected chi connectivity index (χ3v) is 5.92. The lowest BCUT2D eigenvalue weighted by molar-refractivity contribution is -0.150. The molecule has 4 rings (SSSR count). The summed E-state index contributed by atoms with van der Waals surface area (Å²) in [5.41, 5.74) is 1.55. The van der Waals surface area contributed by atoms with Crippen molar-refractivity contribution in [1.82, 2.24) is 10.8 Å². The van der Waals surface area contributed by atoms with Crippen molar-refractivity contribution in [2.75, 3.05) is 13.2 Å². The van der Waals surface area contributed by atoms with E-state index in [1.165, 1.54) is 19.3 Å². The van der Waals surface area contributed by atoms with Crippen molar-refractivity contribution < 1.29 is 28.7 Å². The Morgan fingerprint density at radius 1 is 0.964 bits per heavy atom. The molecule has 4 aliphatic rings. The largest absolute Gasteiger partial charge is 0.447 e. The minimum atomic E-state index is -0.746. The molecule has 2 amide bonds. The molecule has 4 aliphatic carbocycles. The van der Waals surface area contributed by atoms with Gasteiger partial charge in [0.25, 0.3) is 0 Å². The number of ether oxygens (including phenoxy) is 2. The lowest BCUT2D eigenvalue weighted by atomic mass is 9.50. The summed E-state index contributed by atoms with van der Waals surface area (Å²) in [7, 11) is 0. The average Bonchev–Trinajstić information content (AvgIpc) is 2.55. The van der Waals surface area contributed by atoms with Crippen molar-refractivity contribution in [3.8, 4) is 0 Å². The van der Waals surface area contributed by atoms with Crippen molar-refractivity contribution in [2.24, 2.45) is 23.2 Å². The lowest BCUT2D eigenvalue weighted by Gasteiger charge is -2.56. The molecule has 0 saturated heterocycles. The second kappa shape index (κ2) is 8.17. The Morgan fingerprint density at radius 3 is 2.07 bits per heavy atom. The molecule has 4 fully saturated rings. The first-order chi connectivity index (χ1) is 13.1. The zero-order chi connectivity index (χ0) is 20.4. The number of carbonyl (C=O) groups excluding carboxylic acids is 3. The Bertz CT molecular complexity index is 577. The smallest absolute Gasteiger partial charge is 0.440 e. The van der Waals surface area contributed by atoms with Crippen LogP contribution in [0.2, 0.25) is 0 Å². The molecule has 0 radical (unpaired) electrons. The molecular formula is C20H32N2O6. The van der Waals surface area contributed by atoms with Gasteiger partial charge in [-0.05, 0) is 77.0 Å². The fourth-order valence-electron chi connectivity index (χ4n) is 5.45. The molecule has 0 aromatic heterocycles. The Hall–Kier alpha value is -1.99. The highest BCUT2D eigenvalue weighted by atomic mass is 16.7. The molecule has 0 unspecified atom stereocenters. The molecule has 2 N–H and O–H groups in total. The van der Waals surface area contributed by atoms with Gasteiger partial charge in [-0.1, -0.05) is 0 Å².